The van der Waals surface area contributed by atoms with Crippen LogP contribution in [0.2, 0.25) is 0 Å². The molecule has 2 atom stereocenters. The maximum atomic E-state index is 11.1. The smallest absolute Gasteiger partial charge is 0.337 e. The Kier molecular flexibility index (Phi) is 3.50. The van der Waals surface area contributed by atoms with E-state index in [1.54, 1.807) is 24.4 Å². The molecule has 94 valence electrons. The molecule has 18 heavy (non-hydrogen) atoms. The van der Waals surface area contributed by atoms with Gasteiger partial charge in [0.25, 0.3) is 0 Å². The largest absolute Gasteiger partial charge is 0.467 e. The second-order valence-corrected chi connectivity index (χ2v) is 3.72. The van der Waals surface area contributed by atoms with Gasteiger partial charge in [0.2, 0.25) is 0 Å². The highest BCUT2D eigenvalue weighted by molar-refractivity contribution is 5.77. The molecule has 0 bridgehead atoms. The summed E-state index contributed by atoms with van der Waals surface area (Å²) in [5.41, 5.74) is 1.62. The first-order chi connectivity index (χ1) is 8.63. The van der Waals surface area contributed by atoms with Crippen LogP contribution in [0.4, 0.5) is 0 Å². The third-order valence-electron chi connectivity index (χ3n) is 2.58. The van der Waals surface area contributed by atoms with Gasteiger partial charge in [0.1, 0.15) is 6.10 Å². The van der Waals surface area contributed by atoms with Crippen LogP contribution in [0.1, 0.15) is 11.7 Å². The molecule has 0 aliphatic carbocycles. The highest BCUT2D eigenvalue weighted by Gasteiger charge is 2.26. The number of carbonyl (C=O) groups excluding carboxylic acids is 1. The van der Waals surface area contributed by atoms with Gasteiger partial charge >= 0.3 is 5.97 Å². The lowest BCUT2D eigenvalue weighted by atomic mass is 10.0. The van der Waals surface area contributed by atoms with Gasteiger partial charge in [-0.3, -0.25) is 9.97 Å². The number of fused-ring (bicyclic) bond motifs is 1. The number of hydrogen-bond donors (Lipinski definition) is 2. The fraction of sp³-hybridized carbons (Fsp3) is 0.250. The van der Waals surface area contributed by atoms with E-state index in [0.717, 1.165) is 7.11 Å². The minimum Gasteiger partial charge on any atom is -0.467 e. The van der Waals surface area contributed by atoms with Gasteiger partial charge in [-0.15, -0.1) is 0 Å². The number of carbonyl (C=O) groups is 1. The van der Waals surface area contributed by atoms with E-state index in [9.17, 15) is 15.0 Å². The lowest BCUT2D eigenvalue weighted by Crippen LogP contribution is -2.29. The van der Waals surface area contributed by atoms with Crippen molar-refractivity contribution in [2.45, 2.75) is 12.2 Å². The third kappa shape index (κ3) is 2.29. The number of aliphatic hydroxyl groups is 2. The summed E-state index contributed by atoms with van der Waals surface area (Å²) in [5.74, 6) is -0.887. The molecule has 1 heterocycles. The van der Waals surface area contributed by atoms with Crippen LogP contribution in [0, 0.1) is 0 Å². The molecule has 2 unspecified atom stereocenters. The van der Waals surface area contributed by atoms with Crippen molar-refractivity contribution < 1.29 is 19.7 Å². The molecule has 0 saturated heterocycles. The highest BCUT2D eigenvalue weighted by atomic mass is 16.5. The molecular formula is C12H12N2O4. The Bertz CT molecular complexity index is 573. The van der Waals surface area contributed by atoms with E-state index in [-0.39, 0.29) is 0 Å². The number of aliphatic hydroxyl groups excluding tert-OH is 2. The zero-order valence-electron chi connectivity index (χ0n) is 9.65. The molecule has 0 amide bonds. The summed E-state index contributed by atoms with van der Waals surface area (Å²) in [6, 6.07) is 4.80. The van der Waals surface area contributed by atoms with Gasteiger partial charge in [-0.2, -0.15) is 0 Å². The first kappa shape index (κ1) is 12.4. The van der Waals surface area contributed by atoms with E-state index >= 15 is 0 Å². The van der Waals surface area contributed by atoms with Gasteiger partial charge in [0.15, 0.2) is 6.10 Å². The zero-order chi connectivity index (χ0) is 13.1. The minimum absolute atomic E-state index is 0.376. The van der Waals surface area contributed by atoms with Crippen LogP contribution in [-0.2, 0) is 9.53 Å². The maximum Gasteiger partial charge on any atom is 0.337 e. The molecular weight excluding hydrogens is 236 g/mol. The topological polar surface area (TPSA) is 92.5 Å². The second kappa shape index (κ2) is 5.07. The van der Waals surface area contributed by atoms with Crippen molar-refractivity contribution in [3.05, 3.63) is 36.2 Å². The van der Waals surface area contributed by atoms with E-state index in [0.29, 0.717) is 16.6 Å². The summed E-state index contributed by atoms with van der Waals surface area (Å²) in [7, 11) is 1.14. The third-order valence-corrected chi connectivity index (χ3v) is 2.58. The number of nitrogens with zero attached hydrogens (tertiary/aromatic N) is 2. The van der Waals surface area contributed by atoms with Crippen molar-refractivity contribution in [1.29, 1.82) is 0 Å². The SMILES string of the molecule is COC(=O)C(O)C(O)c1ccc2nccnc2c1. The molecule has 2 N–H and O–H groups in total. The lowest BCUT2D eigenvalue weighted by Gasteiger charge is -2.16. The van der Waals surface area contributed by atoms with Crippen LogP contribution >= 0.6 is 0 Å². The standard InChI is InChI=1S/C12H12N2O4/c1-18-12(17)11(16)10(15)7-2-3-8-9(6-7)14-5-4-13-8/h2-6,10-11,15-16H,1H3. The van der Waals surface area contributed by atoms with E-state index < -0.39 is 18.2 Å². The predicted molar refractivity (Wildman–Crippen MR) is 62.5 cm³/mol. The van der Waals surface area contributed by atoms with Crippen molar-refractivity contribution in [3.63, 3.8) is 0 Å². The zero-order valence-corrected chi connectivity index (χ0v) is 9.65. The number of aromatic nitrogens is 2. The van der Waals surface area contributed by atoms with Gasteiger partial charge in [-0.1, -0.05) is 6.07 Å². The van der Waals surface area contributed by atoms with Gasteiger partial charge < -0.3 is 14.9 Å². The van der Waals surface area contributed by atoms with Crippen molar-refractivity contribution in [1.82, 2.24) is 9.97 Å². The Balaban J connectivity index is 2.33. The van der Waals surface area contributed by atoms with Crippen LogP contribution in [-0.4, -0.2) is 39.4 Å². The van der Waals surface area contributed by atoms with E-state index in [1.807, 2.05) is 0 Å². The van der Waals surface area contributed by atoms with Gasteiger partial charge in [-0.05, 0) is 17.7 Å². The van der Waals surface area contributed by atoms with Crippen LogP contribution in [0.15, 0.2) is 30.6 Å². The van der Waals surface area contributed by atoms with Gasteiger partial charge in [0.05, 0.1) is 18.1 Å². The molecule has 0 aliphatic rings. The molecule has 0 fully saturated rings. The molecule has 6 heteroatoms. The molecule has 0 aliphatic heterocycles. The van der Waals surface area contributed by atoms with Crippen LogP contribution in [0.25, 0.3) is 11.0 Å². The number of rotatable bonds is 3. The number of ether oxygens (including phenoxy) is 1. The predicted octanol–water partition coefficient (Wildman–Crippen LogP) is 0.197. The molecule has 2 rings (SSSR count). The molecule has 6 nitrogen and oxygen atoms in total. The first-order valence-electron chi connectivity index (χ1n) is 5.28. The van der Waals surface area contributed by atoms with E-state index in [1.165, 1.54) is 6.20 Å². The quantitative estimate of drug-likeness (QED) is 0.754. The monoisotopic (exact) mass is 248 g/mol. The Morgan fingerprint density at radius 2 is 1.89 bits per heavy atom. The van der Waals surface area contributed by atoms with Crippen molar-refractivity contribution in [2.24, 2.45) is 0 Å². The molecule has 1 aromatic carbocycles. The Labute approximate surface area is 103 Å². The molecule has 1 aromatic heterocycles. The summed E-state index contributed by atoms with van der Waals surface area (Å²) in [6.45, 7) is 0. The van der Waals surface area contributed by atoms with Gasteiger partial charge in [0, 0.05) is 12.4 Å². The highest BCUT2D eigenvalue weighted by Crippen LogP contribution is 2.20. The number of esters is 1. The maximum absolute atomic E-state index is 11.1. The Hall–Kier alpha value is -2.05. The molecule has 2 aromatic rings. The molecule has 0 saturated carbocycles. The lowest BCUT2D eigenvalue weighted by molar-refractivity contribution is -0.156. The number of benzene rings is 1. The van der Waals surface area contributed by atoms with Gasteiger partial charge in [-0.25, -0.2) is 4.79 Å². The molecule has 0 spiro atoms. The van der Waals surface area contributed by atoms with Crippen LogP contribution in [0.3, 0.4) is 0 Å². The van der Waals surface area contributed by atoms with Crippen LogP contribution in [0.5, 0.6) is 0 Å². The second-order valence-electron chi connectivity index (χ2n) is 3.72. The summed E-state index contributed by atoms with van der Waals surface area (Å²) in [5, 5.41) is 19.4. The van der Waals surface area contributed by atoms with Crippen LogP contribution < -0.4 is 0 Å². The summed E-state index contributed by atoms with van der Waals surface area (Å²) < 4.78 is 4.37. The van der Waals surface area contributed by atoms with Crippen molar-refractivity contribution >= 4 is 17.0 Å². The fourth-order valence-electron chi connectivity index (χ4n) is 1.60. The van der Waals surface area contributed by atoms with Crippen molar-refractivity contribution in [2.75, 3.05) is 7.11 Å². The van der Waals surface area contributed by atoms with E-state index in [2.05, 4.69) is 14.7 Å². The average molecular weight is 248 g/mol. The normalized spacial score (nSPS) is 14.2. The average Bonchev–Trinajstić information content (AvgIpc) is 2.44. The summed E-state index contributed by atoms with van der Waals surface area (Å²) >= 11 is 0. The minimum atomic E-state index is -1.62. The first-order valence-corrected chi connectivity index (χ1v) is 5.28. The summed E-state index contributed by atoms with van der Waals surface area (Å²) in [4.78, 5) is 19.3. The van der Waals surface area contributed by atoms with E-state index in [4.69, 9.17) is 0 Å². The fourth-order valence-corrected chi connectivity index (χ4v) is 1.60. The summed E-state index contributed by atoms with van der Waals surface area (Å²) in [6.07, 6.45) is 0.102. The number of hydrogen-bond acceptors (Lipinski definition) is 6. The Morgan fingerprint density at radius 3 is 2.56 bits per heavy atom. The molecule has 0 radical (unpaired) electrons. The Morgan fingerprint density at radius 1 is 1.22 bits per heavy atom. The number of methoxy groups -OCH3 is 1. The van der Waals surface area contributed by atoms with Crippen molar-refractivity contribution in [3.8, 4) is 0 Å².